The molecule has 3 N–H and O–H groups in total. The van der Waals surface area contributed by atoms with E-state index in [-0.39, 0.29) is 11.7 Å². The first-order valence-electron chi connectivity index (χ1n) is 10.3. The van der Waals surface area contributed by atoms with Crippen LogP contribution < -0.4 is 11.1 Å². The van der Waals surface area contributed by atoms with Gasteiger partial charge in [-0.1, -0.05) is 35.8 Å². The van der Waals surface area contributed by atoms with Crippen molar-refractivity contribution in [1.82, 2.24) is 4.90 Å². The number of carbonyl (C=O) groups is 1. The first-order valence-corrected chi connectivity index (χ1v) is 10.3. The van der Waals surface area contributed by atoms with Crippen LogP contribution in [-0.4, -0.2) is 35.8 Å². The third-order valence-electron chi connectivity index (χ3n) is 5.20. The summed E-state index contributed by atoms with van der Waals surface area (Å²) in [5.74, 6) is -0.613. The van der Waals surface area contributed by atoms with Crippen LogP contribution in [0.2, 0.25) is 0 Å². The Morgan fingerprint density at radius 2 is 2.00 bits per heavy atom. The van der Waals surface area contributed by atoms with E-state index in [0.717, 1.165) is 25.2 Å². The highest BCUT2D eigenvalue weighted by atomic mass is 19.1. The van der Waals surface area contributed by atoms with Gasteiger partial charge < -0.3 is 15.9 Å². The second-order valence-corrected chi connectivity index (χ2v) is 7.71. The van der Waals surface area contributed by atoms with Gasteiger partial charge in [-0.3, -0.25) is 9.69 Å². The summed E-state index contributed by atoms with van der Waals surface area (Å²) in [6.45, 7) is 6.34. The molecule has 1 saturated heterocycles. The van der Waals surface area contributed by atoms with Gasteiger partial charge in [-0.15, -0.1) is 0 Å². The molecule has 0 bridgehead atoms. The Bertz CT molecular complexity index is 910. The zero-order chi connectivity index (χ0) is 21.5. The number of aryl methyl sites for hydroxylation is 1. The van der Waals surface area contributed by atoms with Crippen LogP contribution in [0, 0.1) is 12.7 Å². The summed E-state index contributed by atoms with van der Waals surface area (Å²) < 4.78 is 13.6. The largest absolute Gasteiger partial charge is 0.381 e. The molecule has 2 aromatic rings. The van der Waals surface area contributed by atoms with Crippen LogP contribution in [-0.2, 0) is 16.2 Å². The molecule has 1 atom stereocenters. The van der Waals surface area contributed by atoms with E-state index in [0.29, 0.717) is 11.3 Å². The van der Waals surface area contributed by atoms with Gasteiger partial charge in [-0.05, 0) is 69.1 Å². The van der Waals surface area contributed by atoms with Gasteiger partial charge in [-0.25, -0.2) is 4.39 Å². The third-order valence-corrected chi connectivity index (χ3v) is 5.20. The Hall–Kier alpha value is -2.93. The van der Waals surface area contributed by atoms with Gasteiger partial charge in [0.05, 0.1) is 0 Å². The molecule has 1 amide bonds. The van der Waals surface area contributed by atoms with Crippen LogP contribution >= 0.6 is 0 Å². The predicted octanol–water partition coefficient (Wildman–Crippen LogP) is 3.78. The van der Waals surface area contributed by atoms with Crippen LogP contribution in [0.4, 0.5) is 10.1 Å². The highest BCUT2D eigenvalue weighted by Gasteiger charge is 2.16. The predicted molar refractivity (Wildman–Crippen MR) is 117 cm³/mol. The Balaban J connectivity index is 1.57. The number of anilines is 1. The molecule has 0 aromatic heterocycles. The molecule has 0 radical (unpaired) electrons. The molecule has 6 nitrogen and oxygen atoms in total. The fourth-order valence-electron chi connectivity index (χ4n) is 3.36. The van der Waals surface area contributed by atoms with Crippen LogP contribution in [0.5, 0.6) is 0 Å². The van der Waals surface area contributed by atoms with E-state index in [1.54, 1.807) is 26.0 Å². The standard InChI is InChI=1S/C23H29FN4O2/c1-16-9-10-20(14-21(16)24)26-23(29)17(2)30-27-22(25)19-8-6-7-18(13-19)15-28-11-4-3-5-12-28/h6-10,13-14,17H,3-5,11-12,15H2,1-2H3,(H2,25,27)(H,26,29). The molecule has 1 aliphatic heterocycles. The van der Waals surface area contributed by atoms with Crippen LogP contribution in [0.3, 0.4) is 0 Å². The minimum absolute atomic E-state index is 0.205. The maximum Gasteiger partial charge on any atom is 0.267 e. The fraction of sp³-hybridized carbons (Fsp3) is 0.391. The molecule has 0 spiro atoms. The lowest BCUT2D eigenvalue weighted by atomic mass is 10.1. The smallest absolute Gasteiger partial charge is 0.267 e. The number of hydrogen-bond donors (Lipinski definition) is 2. The van der Waals surface area contributed by atoms with Crippen molar-refractivity contribution < 1.29 is 14.0 Å². The molecule has 1 unspecified atom stereocenters. The number of amides is 1. The fourth-order valence-corrected chi connectivity index (χ4v) is 3.36. The Morgan fingerprint density at radius 1 is 1.23 bits per heavy atom. The van der Waals surface area contributed by atoms with Gasteiger partial charge >= 0.3 is 0 Å². The molecular formula is C23H29FN4O2. The zero-order valence-corrected chi connectivity index (χ0v) is 17.5. The van der Waals surface area contributed by atoms with E-state index in [4.69, 9.17) is 10.6 Å². The van der Waals surface area contributed by atoms with Gasteiger partial charge in [0.2, 0.25) is 6.10 Å². The van der Waals surface area contributed by atoms with Crippen LogP contribution in [0.1, 0.15) is 42.9 Å². The zero-order valence-electron chi connectivity index (χ0n) is 17.5. The van der Waals surface area contributed by atoms with Gasteiger partial charge in [0.15, 0.2) is 5.84 Å². The molecule has 2 aromatic carbocycles. The SMILES string of the molecule is Cc1ccc(NC(=O)C(C)ON=C(N)c2cccc(CN3CCCCC3)c2)cc1F. The molecule has 0 saturated carbocycles. The summed E-state index contributed by atoms with van der Waals surface area (Å²) in [7, 11) is 0. The van der Waals surface area contributed by atoms with Crippen molar-refractivity contribution in [3.63, 3.8) is 0 Å². The monoisotopic (exact) mass is 412 g/mol. The second-order valence-electron chi connectivity index (χ2n) is 7.71. The summed E-state index contributed by atoms with van der Waals surface area (Å²) in [5.41, 5.74) is 8.85. The summed E-state index contributed by atoms with van der Waals surface area (Å²) in [4.78, 5) is 20.0. The van der Waals surface area contributed by atoms with Gasteiger partial charge in [0, 0.05) is 17.8 Å². The molecule has 30 heavy (non-hydrogen) atoms. The molecule has 0 aliphatic carbocycles. The molecule has 160 valence electrons. The van der Waals surface area contributed by atoms with Crippen molar-refractivity contribution >= 4 is 17.4 Å². The molecule has 1 aliphatic rings. The lowest BCUT2D eigenvalue weighted by Crippen LogP contribution is -2.29. The lowest BCUT2D eigenvalue weighted by molar-refractivity contribution is -0.126. The minimum Gasteiger partial charge on any atom is -0.381 e. The second kappa shape index (κ2) is 10.2. The maximum absolute atomic E-state index is 13.6. The first kappa shape index (κ1) is 21.8. The normalized spacial score (nSPS) is 16.2. The highest BCUT2D eigenvalue weighted by molar-refractivity contribution is 5.97. The maximum atomic E-state index is 13.6. The summed E-state index contributed by atoms with van der Waals surface area (Å²) in [6.07, 6.45) is 2.90. The summed E-state index contributed by atoms with van der Waals surface area (Å²) >= 11 is 0. The Morgan fingerprint density at radius 3 is 2.73 bits per heavy atom. The molecule has 3 rings (SSSR count). The first-order chi connectivity index (χ1) is 14.4. The average molecular weight is 413 g/mol. The van der Waals surface area contributed by atoms with E-state index in [9.17, 15) is 9.18 Å². The van der Waals surface area contributed by atoms with Crippen LogP contribution in [0.15, 0.2) is 47.6 Å². The van der Waals surface area contributed by atoms with Crippen LogP contribution in [0.25, 0.3) is 0 Å². The van der Waals surface area contributed by atoms with E-state index in [1.165, 1.54) is 30.9 Å². The molecule has 1 fully saturated rings. The van der Waals surface area contributed by atoms with Gasteiger partial charge in [-0.2, -0.15) is 0 Å². The number of piperidine rings is 1. The van der Waals surface area contributed by atoms with Crippen molar-refractivity contribution in [2.75, 3.05) is 18.4 Å². The topological polar surface area (TPSA) is 79.9 Å². The highest BCUT2D eigenvalue weighted by Crippen LogP contribution is 2.15. The van der Waals surface area contributed by atoms with E-state index in [1.807, 2.05) is 18.2 Å². The average Bonchev–Trinajstić information content (AvgIpc) is 2.75. The van der Waals surface area contributed by atoms with Crippen molar-refractivity contribution in [3.8, 4) is 0 Å². The van der Waals surface area contributed by atoms with E-state index >= 15 is 0 Å². The number of nitrogens with two attached hydrogens (primary N) is 1. The number of amidine groups is 1. The van der Waals surface area contributed by atoms with E-state index < -0.39 is 12.0 Å². The van der Waals surface area contributed by atoms with Crippen molar-refractivity contribution in [2.45, 2.75) is 45.8 Å². The van der Waals surface area contributed by atoms with Crippen molar-refractivity contribution in [3.05, 3.63) is 65.0 Å². The van der Waals surface area contributed by atoms with Gasteiger partial charge in [0.1, 0.15) is 5.82 Å². The number of nitrogens with one attached hydrogen (secondary N) is 1. The quantitative estimate of drug-likeness (QED) is 0.412. The molecule has 1 heterocycles. The van der Waals surface area contributed by atoms with Crippen molar-refractivity contribution in [1.29, 1.82) is 0 Å². The number of carbonyl (C=O) groups excluding carboxylic acids is 1. The summed E-state index contributed by atoms with van der Waals surface area (Å²) in [6, 6.07) is 12.4. The number of rotatable bonds is 7. The summed E-state index contributed by atoms with van der Waals surface area (Å²) in [5, 5.41) is 6.53. The molecule has 7 heteroatoms. The number of halogens is 1. The van der Waals surface area contributed by atoms with Gasteiger partial charge in [0.25, 0.3) is 5.91 Å². The number of nitrogens with zero attached hydrogens (tertiary/aromatic N) is 2. The van der Waals surface area contributed by atoms with E-state index in [2.05, 4.69) is 21.4 Å². The molecular weight excluding hydrogens is 383 g/mol. The lowest BCUT2D eigenvalue weighted by Gasteiger charge is -2.26. The number of benzene rings is 2. The Labute approximate surface area is 176 Å². The third kappa shape index (κ3) is 6.03. The Kier molecular flexibility index (Phi) is 7.41. The van der Waals surface area contributed by atoms with Crippen molar-refractivity contribution in [2.24, 2.45) is 10.9 Å². The number of oxime groups is 1. The minimum atomic E-state index is -0.885. The number of hydrogen-bond acceptors (Lipinski definition) is 4. The number of likely N-dealkylation sites (tertiary alicyclic amines) is 1.